The normalized spacial score (nSPS) is 12.2. The van der Waals surface area contributed by atoms with E-state index < -0.39 is 0 Å². The van der Waals surface area contributed by atoms with Crippen molar-refractivity contribution in [2.45, 2.75) is 6.92 Å². The van der Waals surface area contributed by atoms with E-state index in [1.807, 2.05) is 48.7 Å². The van der Waals surface area contributed by atoms with Gasteiger partial charge < -0.3 is 14.8 Å². The lowest BCUT2D eigenvalue weighted by molar-refractivity contribution is 0.103. The summed E-state index contributed by atoms with van der Waals surface area (Å²) >= 11 is 1.43. The van der Waals surface area contributed by atoms with Crippen LogP contribution in [-0.2, 0) is 0 Å². The molecule has 4 rings (SSSR count). The van der Waals surface area contributed by atoms with Crippen LogP contribution in [0.25, 0.3) is 11.1 Å². The molecule has 0 unspecified atom stereocenters. The molecule has 1 aliphatic rings. The van der Waals surface area contributed by atoms with Crippen molar-refractivity contribution in [3.63, 3.8) is 0 Å². The van der Waals surface area contributed by atoms with E-state index in [0.717, 1.165) is 11.1 Å². The summed E-state index contributed by atoms with van der Waals surface area (Å²) in [6.45, 7) is 2.26. The number of nitrogens with one attached hydrogen (secondary N) is 1. The summed E-state index contributed by atoms with van der Waals surface area (Å²) in [4.78, 5) is 13.4. The SMILES string of the molecule is Cc1ccc(-c2ccsc2C(=O)Nc2ccc3c(c2)OCO3)cc1. The van der Waals surface area contributed by atoms with Crippen LogP contribution in [-0.4, -0.2) is 12.7 Å². The molecule has 0 bridgehead atoms. The highest BCUT2D eigenvalue weighted by Gasteiger charge is 2.17. The van der Waals surface area contributed by atoms with E-state index in [4.69, 9.17) is 9.47 Å². The van der Waals surface area contributed by atoms with Crippen molar-refractivity contribution in [2.75, 3.05) is 12.1 Å². The summed E-state index contributed by atoms with van der Waals surface area (Å²) in [6.07, 6.45) is 0. The molecule has 24 heavy (non-hydrogen) atoms. The molecule has 2 heterocycles. The fraction of sp³-hybridized carbons (Fsp3) is 0.105. The molecule has 3 aromatic rings. The summed E-state index contributed by atoms with van der Waals surface area (Å²) < 4.78 is 10.6. The molecule has 1 N–H and O–H groups in total. The number of ether oxygens (including phenoxy) is 2. The van der Waals surface area contributed by atoms with Crippen LogP contribution < -0.4 is 14.8 Å². The quantitative estimate of drug-likeness (QED) is 0.753. The summed E-state index contributed by atoms with van der Waals surface area (Å²) in [5.74, 6) is 1.22. The van der Waals surface area contributed by atoms with Gasteiger partial charge in [0.25, 0.3) is 5.91 Å². The van der Waals surface area contributed by atoms with Gasteiger partial charge in [0.15, 0.2) is 11.5 Å². The maximum absolute atomic E-state index is 12.7. The molecule has 0 saturated heterocycles. The van der Waals surface area contributed by atoms with Gasteiger partial charge in [-0.15, -0.1) is 11.3 Å². The highest BCUT2D eigenvalue weighted by atomic mass is 32.1. The van der Waals surface area contributed by atoms with Crippen molar-refractivity contribution in [2.24, 2.45) is 0 Å². The maximum Gasteiger partial charge on any atom is 0.266 e. The molecular weight excluding hydrogens is 322 g/mol. The van der Waals surface area contributed by atoms with Crippen LogP contribution in [0.2, 0.25) is 0 Å². The minimum atomic E-state index is -0.126. The van der Waals surface area contributed by atoms with Crippen molar-refractivity contribution in [1.82, 2.24) is 0 Å². The number of carbonyl (C=O) groups excluding carboxylic acids is 1. The number of amides is 1. The van der Waals surface area contributed by atoms with Crippen LogP contribution in [0.4, 0.5) is 5.69 Å². The molecule has 0 saturated carbocycles. The fourth-order valence-electron chi connectivity index (χ4n) is 2.61. The van der Waals surface area contributed by atoms with Crippen molar-refractivity contribution in [1.29, 1.82) is 0 Å². The summed E-state index contributed by atoms with van der Waals surface area (Å²) in [6, 6.07) is 15.5. The Balaban J connectivity index is 1.59. The Morgan fingerprint density at radius 1 is 1.04 bits per heavy atom. The molecule has 4 nitrogen and oxygen atoms in total. The predicted octanol–water partition coefficient (Wildman–Crippen LogP) is 4.70. The average molecular weight is 337 g/mol. The number of aryl methyl sites for hydroxylation is 1. The van der Waals surface area contributed by atoms with Gasteiger partial charge in [0, 0.05) is 17.3 Å². The lowest BCUT2D eigenvalue weighted by Gasteiger charge is -2.07. The number of hydrogen-bond acceptors (Lipinski definition) is 4. The van der Waals surface area contributed by atoms with E-state index in [1.165, 1.54) is 16.9 Å². The lowest BCUT2D eigenvalue weighted by Crippen LogP contribution is -2.11. The Bertz CT molecular complexity index is 899. The largest absolute Gasteiger partial charge is 0.454 e. The van der Waals surface area contributed by atoms with Gasteiger partial charge in [-0.3, -0.25) is 4.79 Å². The molecule has 2 aromatic carbocycles. The molecule has 0 aliphatic carbocycles. The maximum atomic E-state index is 12.7. The summed E-state index contributed by atoms with van der Waals surface area (Å²) in [5.41, 5.74) is 3.86. The van der Waals surface area contributed by atoms with Gasteiger partial charge in [-0.25, -0.2) is 0 Å². The number of benzene rings is 2. The number of rotatable bonds is 3. The Labute approximate surface area is 143 Å². The summed E-state index contributed by atoms with van der Waals surface area (Å²) in [7, 11) is 0. The Morgan fingerprint density at radius 3 is 2.67 bits per heavy atom. The second kappa shape index (κ2) is 6.02. The summed E-state index contributed by atoms with van der Waals surface area (Å²) in [5, 5.41) is 4.87. The van der Waals surface area contributed by atoms with Gasteiger partial charge in [-0.05, 0) is 36.1 Å². The van der Waals surface area contributed by atoms with Crippen LogP contribution in [0.3, 0.4) is 0 Å². The molecule has 1 aliphatic heterocycles. The van der Waals surface area contributed by atoms with Crippen molar-refractivity contribution >= 4 is 22.9 Å². The van der Waals surface area contributed by atoms with Crippen LogP contribution in [0.15, 0.2) is 53.9 Å². The van der Waals surface area contributed by atoms with E-state index >= 15 is 0 Å². The number of fused-ring (bicyclic) bond motifs is 1. The molecule has 1 aromatic heterocycles. The highest BCUT2D eigenvalue weighted by Crippen LogP contribution is 2.35. The number of thiophene rings is 1. The molecule has 0 radical (unpaired) electrons. The molecule has 1 amide bonds. The number of carbonyl (C=O) groups is 1. The minimum absolute atomic E-state index is 0.126. The first kappa shape index (κ1) is 14.8. The third kappa shape index (κ3) is 2.74. The van der Waals surface area contributed by atoms with E-state index in [9.17, 15) is 4.79 Å². The van der Waals surface area contributed by atoms with Crippen molar-refractivity contribution < 1.29 is 14.3 Å². The Kier molecular flexibility index (Phi) is 3.70. The molecule has 120 valence electrons. The highest BCUT2D eigenvalue weighted by molar-refractivity contribution is 7.12. The predicted molar refractivity (Wildman–Crippen MR) is 95.0 cm³/mol. The van der Waals surface area contributed by atoms with Crippen molar-refractivity contribution in [3.8, 4) is 22.6 Å². The van der Waals surface area contributed by atoms with Gasteiger partial charge in [0.05, 0.1) is 4.88 Å². The first-order chi connectivity index (χ1) is 11.7. The standard InChI is InChI=1S/C19H15NO3S/c1-12-2-4-13(5-3-12)15-8-9-24-18(15)19(21)20-14-6-7-16-17(10-14)23-11-22-16/h2-10H,11H2,1H3,(H,20,21). The first-order valence-electron chi connectivity index (χ1n) is 7.56. The average Bonchev–Trinajstić information content (AvgIpc) is 3.24. The smallest absolute Gasteiger partial charge is 0.266 e. The molecule has 0 atom stereocenters. The topological polar surface area (TPSA) is 47.6 Å². The Morgan fingerprint density at radius 2 is 1.83 bits per heavy atom. The minimum Gasteiger partial charge on any atom is -0.454 e. The van der Waals surface area contributed by atoms with E-state index in [0.29, 0.717) is 22.1 Å². The first-order valence-corrected chi connectivity index (χ1v) is 8.44. The molecule has 0 spiro atoms. The van der Waals surface area contributed by atoms with E-state index in [2.05, 4.69) is 5.32 Å². The second-order valence-corrected chi connectivity index (χ2v) is 6.47. The zero-order chi connectivity index (χ0) is 16.5. The van der Waals surface area contributed by atoms with Gasteiger partial charge in [0.1, 0.15) is 0 Å². The zero-order valence-electron chi connectivity index (χ0n) is 13.0. The third-order valence-electron chi connectivity index (χ3n) is 3.86. The van der Waals surface area contributed by atoms with Crippen molar-refractivity contribution in [3.05, 3.63) is 64.4 Å². The van der Waals surface area contributed by atoms with Gasteiger partial charge in [-0.2, -0.15) is 0 Å². The number of hydrogen-bond donors (Lipinski definition) is 1. The van der Waals surface area contributed by atoms with Crippen LogP contribution in [0.5, 0.6) is 11.5 Å². The van der Waals surface area contributed by atoms with Gasteiger partial charge in [0.2, 0.25) is 6.79 Å². The van der Waals surface area contributed by atoms with E-state index in [1.54, 1.807) is 12.1 Å². The Hall–Kier alpha value is -2.79. The van der Waals surface area contributed by atoms with Gasteiger partial charge >= 0.3 is 0 Å². The molecular formula is C19H15NO3S. The number of anilines is 1. The zero-order valence-corrected chi connectivity index (χ0v) is 13.9. The van der Waals surface area contributed by atoms with Gasteiger partial charge in [-0.1, -0.05) is 29.8 Å². The lowest BCUT2D eigenvalue weighted by atomic mass is 10.0. The third-order valence-corrected chi connectivity index (χ3v) is 4.78. The van der Waals surface area contributed by atoms with Crippen LogP contribution in [0.1, 0.15) is 15.2 Å². The second-order valence-electron chi connectivity index (χ2n) is 5.55. The molecule has 0 fully saturated rings. The molecule has 5 heteroatoms. The van der Waals surface area contributed by atoms with Crippen LogP contribution in [0, 0.1) is 6.92 Å². The van der Waals surface area contributed by atoms with Crippen LogP contribution >= 0.6 is 11.3 Å². The van der Waals surface area contributed by atoms with E-state index in [-0.39, 0.29) is 12.7 Å². The fourth-order valence-corrected chi connectivity index (χ4v) is 3.42. The monoisotopic (exact) mass is 337 g/mol.